The van der Waals surface area contributed by atoms with Crippen LogP contribution in [0.3, 0.4) is 0 Å². The number of aromatic nitrogens is 2. The van der Waals surface area contributed by atoms with Gasteiger partial charge in [-0.25, -0.2) is 4.98 Å². The summed E-state index contributed by atoms with van der Waals surface area (Å²) in [6, 6.07) is 7.57. The molecule has 4 saturated heterocycles. The Balaban J connectivity index is 1.42. The van der Waals surface area contributed by atoms with Crippen LogP contribution in [0.2, 0.25) is 0 Å². The standard InChI is InChI=1S/C49H77N3O13S/c1-15-35-49(10)37(41(45(57)65-49)66-21-20-52-25-50-32-18-16-17-19-33(32)52)28(4)38(53)26(2)23-48(9,59-14)43(64-46-39(54)34(51(11)12)22-27(3)60-46)29(5)40(30(6)44(56)62-35)63-36-24-47(8,58-13)42(55)31(7)61-36/h16-19,25-31,34-37,39-43,46,54-55H,15,20-24H2,1-14H3/t26-,27-,28?,29+,30-,31-,34+,35-,36+,37?,39-,40+,41?,42+,43-,46+,47-,48-,49-/m1/s1. The number of esters is 2. The number of ketones is 1. The monoisotopic (exact) mass is 948 g/mol. The number of carbonyl (C=O) groups is 3. The highest BCUT2D eigenvalue weighted by Gasteiger charge is 2.62. The SMILES string of the molecule is CC[C@H]1OC(=O)[C@H](C)[C@@H](O[C@H]2C[C@@](C)(OC)[C@@H](O)[C@@H](C)O2)[C@H](C)[C@@H](O[C@@H]2O[C@H](C)C[C@H](N(C)C)[C@H]2O)[C@](C)(OC)C[C@@H](C)C(=O)C(C)C2C(SCCn3cnc4ccccc43)C(=O)O[C@@]21C. The number of ether oxygens (including phenoxy) is 8. The third kappa shape index (κ3) is 10.4. The van der Waals surface area contributed by atoms with Gasteiger partial charge in [0.05, 0.1) is 58.9 Å². The Morgan fingerprint density at radius 2 is 1.59 bits per heavy atom. The molecule has 0 bridgehead atoms. The predicted molar refractivity (Wildman–Crippen MR) is 248 cm³/mol. The number of Topliss-reactive ketones (excluding diaryl/α,β-unsaturated/α-hetero) is 1. The van der Waals surface area contributed by atoms with Crippen molar-refractivity contribution in [3.05, 3.63) is 30.6 Å². The molecule has 17 heteroatoms. The first-order chi connectivity index (χ1) is 31.0. The van der Waals surface area contributed by atoms with Gasteiger partial charge >= 0.3 is 11.9 Å². The van der Waals surface area contributed by atoms with Gasteiger partial charge in [0.15, 0.2) is 18.2 Å². The van der Waals surface area contributed by atoms with E-state index in [0.717, 1.165) is 11.0 Å². The zero-order valence-electron chi connectivity index (χ0n) is 41.5. The zero-order valence-corrected chi connectivity index (χ0v) is 42.3. The van der Waals surface area contributed by atoms with Gasteiger partial charge in [0.2, 0.25) is 0 Å². The fourth-order valence-corrected chi connectivity index (χ4v) is 12.8. The topological polar surface area (TPSA) is 187 Å². The van der Waals surface area contributed by atoms with Crippen LogP contribution in [0.1, 0.15) is 94.9 Å². The van der Waals surface area contributed by atoms with Gasteiger partial charge in [-0.05, 0) is 87.0 Å². The summed E-state index contributed by atoms with van der Waals surface area (Å²) in [5.41, 5.74) is -1.81. The summed E-state index contributed by atoms with van der Waals surface area (Å²) >= 11 is 1.43. The maximum Gasteiger partial charge on any atom is 0.320 e. The molecular formula is C49H77N3O13S. The Kier molecular flexibility index (Phi) is 16.8. The molecule has 3 unspecified atom stereocenters. The van der Waals surface area contributed by atoms with Crippen LogP contribution in [0.4, 0.5) is 0 Å². The van der Waals surface area contributed by atoms with Gasteiger partial charge in [-0.15, -0.1) is 11.8 Å². The quantitative estimate of drug-likeness (QED) is 0.257. The van der Waals surface area contributed by atoms with Crippen molar-refractivity contribution < 1.29 is 62.5 Å². The molecule has 0 spiro atoms. The lowest BCUT2D eigenvalue weighted by atomic mass is 9.70. The van der Waals surface area contributed by atoms with Crippen LogP contribution in [-0.2, 0) is 58.8 Å². The lowest BCUT2D eigenvalue weighted by Gasteiger charge is -2.50. The van der Waals surface area contributed by atoms with Gasteiger partial charge < -0.3 is 57.6 Å². The van der Waals surface area contributed by atoms with E-state index in [0.29, 0.717) is 18.7 Å². The number of cyclic esters (lactones) is 1. The third-order valence-corrected chi connectivity index (χ3v) is 16.7. The van der Waals surface area contributed by atoms with E-state index in [1.165, 1.54) is 18.9 Å². The molecule has 0 saturated carbocycles. The van der Waals surface area contributed by atoms with Crippen LogP contribution in [0.25, 0.3) is 11.0 Å². The van der Waals surface area contributed by atoms with Crippen LogP contribution >= 0.6 is 11.8 Å². The van der Waals surface area contributed by atoms with Gasteiger partial charge in [0, 0.05) is 62.7 Å². The molecule has 372 valence electrons. The molecule has 0 radical (unpaired) electrons. The Labute approximate surface area is 395 Å². The van der Waals surface area contributed by atoms with Gasteiger partial charge in [-0.1, -0.05) is 39.8 Å². The molecule has 2 N–H and O–H groups in total. The van der Waals surface area contributed by atoms with Crippen LogP contribution in [0.5, 0.6) is 0 Å². The van der Waals surface area contributed by atoms with Crippen molar-refractivity contribution in [2.45, 2.75) is 185 Å². The van der Waals surface area contributed by atoms with Crippen molar-refractivity contribution >= 4 is 40.5 Å². The lowest BCUT2D eigenvalue weighted by molar-refractivity contribution is -0.319. The molecule has 5 heterocycles. The van der Waals surface area contributed by atoms with Crippen molar-refractivity contribution in [1.82, 2.24) is 14.5 Å². The second-order valence-electron chi connectivity index (χ2n) is 20.3. The molecule has 2 aromatic rings. The van der Waals surface area contributed by atoms with Crippen molar-refractivity contribution in [3.63, 3.8) is 0 Å². The summed E-state index contributed by atoms with van der Waals surface area (Å²) in [7, 11) is 6.88. The van der Waals surface area contributed by atoms with E-state index in [1.54, 1.807) is 41.1 Å². The van der Waals surface area contributed by atoms with Crippen molar-refractivity contribution in [2.75, 3.05) is 34.1 Å². The van der Waals surface area contributed by atoms with Gasteiger partial charge in [0.25, 0.3) is 0 Å². The van der Waals surface area contributed by atoms with Crippen LogP contribution < -0.4 is 0 Å². The third-order valence-electron chi connectivity index (χ3n) is 15.4. The first-order valence-electron chi connectivity index (χ1n) is 23.8. The zero-order chi connectivity index (χ0) is 48.6. The minimum Gasteiger partial charge on any atom is -0.458 e. The van der Waals surface area contributed by atoms with Crippen LogP contribution in [0.15, 0.2) is 30.6 Å². The number of carbonyl (C=O) groups excluding carboxylic acids is 3. The maximum atomic E-state index is 15.1. The van der Waals surface area contributed by atoms with E-state index in [2.05, 4.69) is 4.98 Å². The van der Waals surface area contributed by atoms with Gasteiger partial charge in [-0.3, -0.25) is 14.4 Å². The summed E-state index contributed by atoms with van der Waals surface area (Å²) in [6.07, 6.45) is -5.00. The van der Waals surface area contributed by atoms with E-state index >= 15 is 4.79 Å². The fourth-order valence-electron chi connectivity index (χ4n) is 11.4. The number of hydrogen-bond donors (Lipinski definition) is 2. The van der Waals surface area contributed by atoms with E-state index in [1.807, 2.05) is 89.4 Å². The normalized spacial score (nSPS) is 43.1. The Morgan fingerprint density at radius 1 is 0.909 bits per heavy atom. The molecule has 4 aliphatic rings. The highest BCUT2D eigenvalue weighted by molar-refractivity contribution is 8.00. The number of aliphatic hydroxyl groups excluding tert-OH is 2. The number of hydrogen-bond acceptors (Lipinski definition) is 16. The number of para-hydroxylation sites is 2. The summed E-state index contributed by atoms with van der Waals surface area (Å²) < 4.78 is 53.8. The number of nitrogens with zero attached hydrogens (tertiary/aromatic N) is 3. The van der Waals surface area contributed by atoms with Crippen molar-refractivity contribution in [2.24, 2.45) is 29.6 Å². The van der Waals surface area contributed by atoms with Crippen molar-refractivity contribution in [1.29, 1.82) is 0 Å². The summed E-state index contributed by atoms with van der Waals surface area (Å²) in [5.74, 6) is -4.40. The molecule has 19 atom stereocenters. The molecule has 1 aromatic heterocycles. The van der Waals surface area contributed by atoms with E-state index in [-0.39, 0.29) is 37.2 Å². The number of rotatable bonds is 12. The molecule has 6 rings (SSSR count). The number of imidazole rings is 1. The highest BCUT2D eigenvalue weighted by atomic mass is 32.2. The summed E-state index contributed by atoms with van der Waals surface area (Å²) in [6.45, 7) is 18.9. The summed E-state index contributed by atoms with van der Waals surface area (Å²) in [5, 5.41) is 22.2. The molecular weight excluding hydrogens is 871 g/mol. The average Bonchev–Trinajstić information content (AvgIpc) is 3.81. The molecule has 4 fully saturated rings. The van der Waals surface area contributed by atoms with Crippen LogP contribution in [0, 0.1) is 29.6 Å². The molecule has 1 aromatic carbocycles. The number of fused-ring (bicyclic) bond motifs is 2. The Morgan fingerprint density at radius 3 is 2.24 bits per heavy atom. The number of aryl methyl sites for hydroxylation is 1. The number of benzene rings is 1. The number of likely N-dealkylation sites (N-methyl/N-ethyl adjacent to an activating group) is 1. The van der Waals surface area contributed by atoms with Crippen molar-refractivity contribution in [3.8, 4) is 0 Å². The minimum atomic E-state index is -1.37. The molecule has 66 heavy (non-hydrogen) atoms. The van der Waals surface area contributed by atoms with Gasteiger partial charge in [0.1, 0.15) is 29.3 Å². The number of aliphatic hydroxyl groups is 2. The molecule has 0 aliphatic carbocycles. The molecule has 4 aliphatic heterocycles. The molecule has 0 amide bonds. The largest absolute Gasteiger partial charge is 0.458 e. The fraction of sp³-hybridized carbons (Fsp3) is 0.796. The maximum absolute atomic E-state index is 15.1. The Hall–Kier alpha value is -2.71. The minimum absolute atomic E-state index is 0.109. The second kappa shape index (κ2) is 21.1. The van der Waals surface area contributed by atoms with E-state index in [4.69, 9.17) is 37.9 Å². The average molecular weight is 948 g/mol. The first-order valence-corrected chi connectivity index (χ1v) is 24.8. The highest BCUT2D eigenvalue weighted by Crippen LogP contribution is 2.49. The number of thioether (sulfide) groups is 1. The molecule has 16 nitrogen and oxygen atoms in total. The predicted octanol–water partition coefficient (Wildman–Crippen LogP) is 5.41. The van der Waals surface area contributed by atoms with E-state index < -0.39 is 113 Å². The Bertz CT molecular complexity index is 1990. The smallest absolute Gasteiger partial charge is 0.320 e. The first kappa shape index (κ1) is 52.7. The second-order valence-corrected chi connectivity index (χ2v) is 21.6. The van der Waals surface area contributed by atoms with Gasteiger partial charge in [-0.2, -0.15) is 0 Å². The summed E-state index contributed by atoms with van der Waals surface area (Å²) in [4.78, 5) is 50.7. The van der Waals surface area contributed by atoms with Crippen LogP contribution in [-0.4, -0.2) is 160 Å². The van der Waals surface area contributed by atoms with E-state index in [9.17, 15) is 19.8 Å². The number of methoxy groups -OCH3 is 2. The lowest BCUT2D eigenvalue weighted by Crippen LogP contribution is -2.61.